The molecule has 0 aromatic heterocycles. The van der Waals surface area contributed by atoms with Crippen LogP contribution >= 0.6 is 0 Å². The summed E-state index contributed by atoms with van der Waals surface area (Å²) in [5, 5.41) is 6.11. The summed E-state index contributed by atoms with van der Waals surface area (Å²) in [6.45, 7) is 16.1. The third-order valence-corrected chi connectivity index (χ3v) is 16.6. The van der Waals surface area contributed by atoms with Gasteiger partial charge in [0.2, 0.25) is 0 Å². The maximum atomic E-state index is 13.3. The topological polar surface area (TPSA) is 308 Å². The van der Waals surface area contributed by atoms with Gasteiger partial charge in [-0.25, -0.2) is 47.9 Å². The predicted molar refractivity (Wildman–Crippen MR) is 413 cm³/mol. The number of benzene rings is 10. The van der Waals surface area contributed by atoms with E-state index in [-0.39, 0.29) is 69.6 Å². The highest BCUT2D eigenvalue weighted by Gasteiger charge is 2.22. The second kappa shape index (κ2) is 41.3. The van der Waals surface area contributed by atoms with Crippen molar-refractivity contribution >= 4 is 109 Å². The van der Waals surface area contributed by atoms with E-state index in [1.807, 2.05) is 36.4 Å². The number of ether oxygens (including phenoxy) is 13. The van der Waals surface area contributed by atoms with Crippen LogP contribution in [0, 0.1) is 6.92 Å². The van der Waals surface area contributed by atoms with Gasteiger partial charge in [-0.2, -0.15) is 0 Å². The van der Waals surface area contributed by atoms with Crippen LogP contribution in [0.5, 0.6) is 46.0 Å². The minimum absolute atomic E-state index is 0.0529. The van der Waals surface area contributed by atoms with E-state index in [4.69, 9.17) is 56.8 Å². The number of methoxy groups -OCH3 is 1. The molecule has 112 heavy (non-hydrogen) atoms. The molecule has 0 aliphatic heterocycles. The fourth-order valence-corrected chi connectivity index (χ4v) is 10.9. The number of aryl methyl sites for hydroxylation is 1. The van der Waals surface area contributed by atoms with Crippen molar-refractivity contribution in [3.8, 4) is 46.0 Å². The smallest absolute Gasteiger partial charge is 0.349 e. The van der Waals surface area contributed by atoms with Gasteiger partial charge in [0.15, 0.2) is 6.61 Å². The fraction of sp³-hybridized carbons (Fsp3) is 0.193. The maximum Gasteiger partial charge on any atom is 0.349 e. The standard InChI is InChI=1S/C48H48O12.C40H30O12/c1-4-44(49)57-26-12-8-6-10-24-55-39-20-18-33-28-37(16-14-35(33)30-39)46(51)59-41-22-23-43(42(32-41)48(53)54-3)60-47(52)38-17-15-36-31-40(21-19-34(36)29-38)56-25-11-7-9-13-27-58-45(50)5-2;1-4-35(41)47-17-16-37(43)49-32-12-10-26-20-30(9-7-27(26)21-32)40(46)52-34-15-14-31(18-24(34)3)51-39(45)29-8-6-28-22-33(13-11-25(28)19-29)50-38(44)23-48-36(42)5-2/h4-5,14-23,28-32H,1-2,6-13,24-27H2,3H3;4-15,18-22H,1-2,16-17,23H2,3H3. The normalized spacial score (nSPS) is 10.6. The lowest BCUT2D eigenvalue weighted by molar-refractivity contribution is -0.150. The molecule has 0 N–H and O–H groups in total. The SMILES string of the molecule is C=CC(=O)OCCC(=O)Oc1ccc2cc(C(=O)Oc3ccc(OC(=O)c4ccc5cc(OC(=O)COC(=O)C=C)ccc5c4)cc3C)ccc2c1.C=CC(=O)OCCCCCCOc1ccc2cc(C(=O)Oc3ccc(OC(=O)c4ccc5cc(OCCCCCCOC(=O)C=C)ccc5c4)c(C(=O)OC)c3)ccc2c1. The van der Waals surface area contributed by atoms with Gasteiger partial charge in [-0.1, -0.05) is 74.8 Å². The van der Waals surface area contributed by atoms with E-state index in [2.05, 4.69) is 31.1 Å². The third-order valence-electron chi connectivity index (χ3n) is 16.6. The molecule has 0 unspecified atom stereocenters. The van der Waals surface area contributed by atoms with Crippen LogP contribution in [-0.4, -0.2) is 112 Å². The average Bonchev–Trinajstić information content (AvgIpc) is 0.816. The molecule has 10 aromatic rings. The number of rotatable bonds is 36. The van der Waals surface area contributed by atoms with Crippen molar-refractivity contribution in [1.82, 2.24) is 0 Å². The van der Waals surface area contributed by atoms with Gasteiger partial charge < -0.3 is 61.6 Å². The van der Waals surface area contributed by atoms with Gasteiger partial charge in [0.25, 0.3) is 0 Å². The van der Waals surface area contributed by atoms with Gasteiger partial charge in [-0.05, 0) is 240 Å². The first kappa shape index (κ1) is 82.0. The summed E-state index contributed by atoms with van der Waals surface area (Å²) in [7, 11) is 1.20. The summed E-state index contributed by atoms with van der Waals surface area (Å²) in [5.41, 5.74) is 1.55. The Bertz CT molecular complexity index is 5220. The molecular weight excluding hydrogens is 1440 g/mol. The minimum Gasteiger partial charge on any atom is -0.494 e. The Morgan fingerprint density at radius 1 is 0.295 bits per heavy atom. The average molecular weight is 1520 g/mol. The maximum absolute atomic E-state index is 13.3. The molecule has 10 rings (SSSR count). The zero-order valence-corrected chi connectivity index (χ0v) is 61.4. The van der Waals surface area contributed by atoms with Gasteiger partial charge in [0.05, 0.1) is 62.2 Å². The van der Waals surface area contributed by atoms with E-state index in [0.29, 0.717) is 70.8 Å². The Hall–Kier alpha value is -14.0. The highest BCUT2D eigenvalue weighted by molar-refractivity contribution is 6.02. The van der Waals surface area contributed by atoms with E-state index in [9.17, 15) is 52.7 Å². The minimum atomic E-state index is -0.786. The van der Waals surface area contributed by atoms with Crippen LogP contribution in [0.25, 0.3) is 43.1 Å². The van der Waals surface area contributed by atoms with Crippen LogP contribution < -0.4 is 37.9 Å². The molecule has 0 amide bonds. The second-order valence-corrected chi connectivity index (χ2v) is 24.7. The summed E-state index contributed by atoms with van der Waals surface area (Å²) in [5.74, 6) is -4.47. The zero-order valence-electron chi connectivity index (χ0n) is 61.4. The van der Waals surface area contributed by atoms with Gasteiger partial charge in [-0.15, -0.1) is 0 Å². The van der Waals surface area contributed by atoms with Crippen LogP contribution in [0.15, 0.2) is 233 Å². The van der Waals surface area contributed by atoms with Crippen molar-refractivity contribution in [1.29, 1.82) is 0 Å². The number of carbonyl (C=O) groups is 11. The first-order valence-corrected chi connectivity index (χ1v) is 35.4. The molecule has 0 aliphatic rings. The zero-order chi connectivity index (χ0) is 79.9. The summed E-state index contributed by atoms with van der Waals surface area (Å²) in [6.07, 6.45) is 11.1. The number of esters is 11. The monoisotopic (exact) mass is 1520 g/mol. The Labute approximate surface area is 643 Å². The fourth-order valence-electron chi connectivity index (χ4n) is 10.9. The van der Waals surface area contributed by atoms with Crippen molar-refractivity contribution in [3.05, 3.63) is 266 Å². The number of fused-ring (bicyclic) bond motifs is 4. The van der Waals surface area contributed by atoms with Crippen LogP contribution in [0.2, 0.25) is 0 Å². The predicted octanol–water partition coefficient (Wildman–Crippen LogP) is 16.0. The number of hydrogen-bond acceptors (Lipinski definition) is 24. The Morgan fingerprint density at radius 2 is 0.616 bits per heavy atom. The van der Waals surface area contributed by atoms with Crippen molar-refractivity contribution in [2.24, 2.45) is 0 Å². The molecule has 0 saturated carbocycles. The highest BCUT2D eigenvalue weighted by atomic mass is 16.6. The molecule has 0 atom stereocenters. The number of carbonyl (C=O) groups excluding carboxylic acids is 11. The molecule has 0 spiro atoms. The largest absolute Gasteiger partial charge is 0.494 e. The van der Waals surface area contributed by atoms with Crippen molar-refractivity contribution in [3.63, 3.8) is 0 Å². The van der Waals surface area contributed by atoms with Crippen LogP contribution in [-0.2, 0) is 52.5 Å². The highest BCUT2D eigenvalue weighted by Crippen LogP contribution is 2.32. The molecular formula is C88H78O24. The van der Waals surface area contributed by atoms with Gasteiger partial charge in [0.1, 0.15) is 58.2 Å². The van der Waals surface area contributed by atoms with E-state index >= 15 is 0 Å². The van der Waals surface area contributed by atoms with Crippen molar-refractivity contribution in [2.75, 3.05) is 46.8 Å². The Kier molecular flexibility index (Phi) is 30.3. The van der Waals surface area contributed by atoms with E-state index in [1.54, 1.807) is 122 Å². The Balaban J connectivity index is 0.000000260. The molecule has 574 valence electrons. The lowest BCUT2D eigenvalue weighted by Gasteiger charge is -2.12. The summed E-state index contributed by atoms with van der Waals surface area (Å²) < 4.78 is 69.1. The summed E-state index contributed by atoms with van der Waals surface area (Å²) in [4.78, 5) is 134. The van der Waals surface area contributed by atoms with E-state index in [0.717, 1.165) is 97.2 Å². The number of unbranched alkanes of at least 4 members (excludes halogenated alkanes) is 6. The third kappa shape index (κ3) is 24.8. The molecule has 0 aliphatic carbocycles. The molecule has 24 nitrogen and oxygen atoms in total. The molecule has 0 saturated heterocycles. The molecule has 0 heterocycles. The summed E-state index contributed by atoms with van der Waals surface area (Å²) >= 11 is 0. The molecule has 24 heteroatoms. The second-order valence-electron chi connectivity index (χ2n) is 24.7. The van der Waals surface area contributed by atoms with Gasteiger partial charge >= 0.3 is 65.7 Å². The quantitative estimate of drug-likeness (QED) is 0.0116. The first-order valence-electron chi connectivity index (χ1n) is 35.4. The lowest BCUT2D eigenvalue weighted by atomic mass is 10.1. The number of hydrogen-bond donors (Lipinski definition) is 0. The molecule has 10 aromatic carbocycles. The van der Waals surface area contributed by atoms with Gasteiger partial charge in [0, 0.05) is 24.3 Å². The van der Waals surface area contributed by atoms with Crippen LogP contribution in [0.4, 0.5) is 0 Å². The molecule has 0 fully saturated rings. The molecule has 0 bridgehead atoms. The molecule has 0 radical (unpaired) electrons. The van der Waals surface area contributed by atoms with Crippen LogP contribution in [0.1, 0.15) is 115 Å². The van der Waals surface area contributed by atoms with Crippen LogP contribution in [0.3, 0.4) is 0 Å². The van der Waals surface area contributed by atoms with Gasteiger partial charge in [-0.3, -0.25) is 4.79 Å². The van der Waals surface area contributed by atoms with Crippen molar-refractivity contribution in [2.45, 2.75) is 64.7 Å². The van der Waals surface area contributed by atoms with E-state index < -0.39 is 72.3 Å². The summed E-state index contributed by atoms with van der Waals surface area (Å²) in [6, 6.07) is 49.6. The first-order chi connectivity index (χ1) is 54.2. The van der Waals surface area contributed by atoms with Crippen molar-refractivity contribution < 1.29 is 114 Å². The van der Waals surface area contributed by atoms with E-state index in [1.165, 1.54) is 37.4 Å². The Morgan fingerprint density at radius 3 is 1.04 bits per heavy atom. The lowest BCUT2D eigenvalue weighted by Crippen LogP contribution is -2.17.